The van der Waals surface area contributed by atoms with E-state index < -0.39 is 56.4 Å². The van der Waals surface area contributed by atoms with Gasteiger partial charge < -0.3 is 14.3 Å². The zero-order valence-corrected chi connectivity index (χ0v) is 9.90. The third-order valence-corrected chi connectivity index (χ3v) is 1.75. The van der Waals surface area contributed by atoms with Crippen molar-refractivity contribution in [1.82, 2.24) is 0 Å². The van der Waals surface area contributed by atoms with Gasteiger partial charge in [-0.1, -0.05) is 13.8 Å². The van der Waals surface area contributed by atoms with Gasteiger partial charge in [-0.3, -0.25) is 9.59 Å². The van der Waals surface area contributed by atoms with Gasteiger partial charge in [0.2, 0.25) is 0 Å². The molecular weight excluding hydrogens is 222 g/mol. The lowest BCUT2D eigenvalue weighted by molar-refractivity contribution is -0.873. The van der Waals surface area contributed by atoms with Gasteiger partial charge in [0.05, 0.1) is 39.7 Å². The van der Waals surface area contributed by atoms with Crippen molar-refractivity contribution < 1.29 is 36.3 Å². The van der Waals surface area contributed by atoms with E-state index >= 15 is 0 Å². The molecule has 0 saturated carbocycles. The number of carbonyl (C=O) groups is 2. The normalized spacial score (nSPS) is 23.6. The van der Waals surface area contributed by atoms with Gasteiger partial charge in [0, 0.05) is 6.42 Å². The van der Waals surface area contributed by atoms with Crippen LogP contribution in [-0.4, -0.2) is 55.1 Å². The molecule has 0 spiro atoms. The van der Waals surface area contributed by atoms with E-state index in [4.69, 9.17) is 22.2 Å². The van der Waals surface area contributed by atoms with Crippen molar-refractivity contribution in [2.75, 3.05) is 27.5 Å². The minimum absolute atomic E-state index is 0.120. The molecule has 5 heteroatoms. The fourth-order valence-electron chi connectivity index (χ4n) is 1.21. The Morgan fingerprint density at radius 1 is 1.29 bits per heavy atom. The van der Waals surface area contributed by atoms with Crippen molar-refractivity contribution in [3.05, 3.63) is 0 Å². The average molecular weight is 255 g/mol. The molecule has 0 amide bonds. The van der Waals surface area contributed by atoms with Crippen molar-refractivity contribution >= 4 is 11.9 Å². The first-order valence-corrected chi connectivity index (χ1v) is 5.15. The van der Waals surface area contributed by atoms with E-state index in [9.17, 15) is 9.59 Å². The predicted molar refractivity (Wildman–Crippen MR) is 64.5 cm³/mol. The largest absolute Gasteiger partial charge is 0.481 e. The van der Waals surface area contributed by atoms with Crippen LogP contribution in [0.25, 0.3) is 0 Å². The van der Waals surface area contributed by atoms with Crippen LogP contribution in [0.5, 0.6) is 0 Å². The Morgan fingerprint density at radius 3 is 2.29 bits per heavy atom. The standard InChI is InChI=1S/C12H23NO4/c1-9(2)6-12(16)17-10(7-11(14)15)8-13(3,4)5/h9-10H,6-8H2,1-5H3/p+1/i3D3,4D3,5D3. The number of hydrogen-bond donors (Lipinski definition) is 1. The van der Waals surface area contributed by atoms with Crippen molar-refractivity contribution in [2.45, 2.75) is 32.8 Å². The smallest absolute Gasteiger partial charge is 0.307 e. The van der Waals surface area contributed by atoms with Gasteiger partial charge in [0.25, 0.3) is 0 Å². The van der Waals surface area contributed by atoms with Crippen molar-refractivity contribution in [1.29, 1.82) is 0 Å². The van der Waals surface area contributed by atoms with Crippen LogP contribution in [0, 0.1) is 5.92 Å². The number of carboxylic acid groups (broad SMARTS) is 1. The van der Waals surface area contributed by atoms with Gasteiger partial charge in [-0.05, 0) is 5.92 Å². The van der Waals surface area contributed by atoms with Gasteiger partial charge in [0.1, 0.15) is 6.54 Å². The van der Waals surface area contributed by atoms with Crippen molar-refractivity contribution in [3.63, 3.8) is 0 Å². The second-order valence-electron chi connectivity index (χ2n) is 4.30. The highest BCUT2D eigenvalue weighted by Crippen LogP contribution is 2.09. The second-order valence-corrected chi connectivity index (χ2v) is 4.30. The lowest BCUT2D eigenvalue weighted by Gasteiger charge is -2.28. The highest BCUT2D eigenvalue weighted by atomic mass is 16.5. The third-order valence-electron chi connectivity index (χ3n) is 1.75. The van der Waals surface area contributed by atoms with Crippen LogP contribution in [0.15, 0.2) is 0 Å². The number of hydrogen-bond acceptors (Lipinski definition) is 3. The molecule has 0 saturated heterocycles. The van der Waals surface area contributed by atoms with Gasteiger partial charge in [-0.25, -0.2) is 0 Å². The quantitative estimate of drug-likeness (QED) is 0.547. The summed E-state index contributed by atoms with van der Waals surface area (Å²) in [7, 11) is 0. The van der Waals surface area contributed by atoms with E-state index in [-0.39, 0.29) is 12.3 Å². The van der Waals surface area contributed by atoms with Crippen LogP contribution in [-0.2, 0) is 14.3 Å². The van der Waals surface area contributed by atoms with E-state index in [1.807, 2.05) is 0 Å². The highest BCUT2D eigenvalue weighted by molar-refractivity contribution is 5.71. The monoisotopic (exact) mass is 255 g/mol. The maximum absolute atomic E-state index is 11.8. The Kier molecular flexibility index (Phi) is 2.40. The van der Waals surface area contributed by atoms with Crippen LogP contribution in [0.4, 0.5) is 0 Å². The molecule has 0 aliphatic rings. The fraction of sp³-hybridized carbons (Fsp3) is 0.833. The summed E-state index contributed by atoms with van der Waals surface area (Å²) in [4.78, 5) is 22.9. The molecule has 1 unspecified atom stereocenters. The number of carboxylic acids is 1. The predicted octanol–water partition coefficient (Wildman–Crippen LogP) is 1.13. The summed E-state index contributed by atoms with van der Waals surface area (Å²) >= 11 is 0. The zero-order chi connectivity index (χ0) is 21.1. The number of esters is 1. The van der Waals surface area contributed by atoms with E-state index in [1.54, 1.807) is 13.8 Å². The first kappa shape index (κ1) is 6.18. The van der Waals surface area contributed by atoms with E-state index in [1.165, 1.54) is 0 Å². The molecule has 0 heterocycles. The van der Waals surface area contributed by atoms with Crippen LogP contribution in [0.1, 0.15) is 39.0 Å². The molecule has 0 aliphatic carbocycles. The zero-order valence-electron chi connectivity index (χ0n) is 18.9. The van der Waals surface area contributed by atoms with Crippen LogP contribution in [0.3, 0.4) is 0 Å². The van der Waals surface area contributed by atoms with E-state index in [0.717, 1.165) is 0 Å². The molecule has 0 bridgehead atoms. The molecule has 1 atom stereocenters. The average Bonchev–Trinajstić information content (AvgIpc) is 2.28. The van der Waals surface area contributed by atoms with Gasteiger partial charge >= 0.3 is 11.9 Å². The fourth-order valence-corrected chi connectivity index (χ4v) is 1.21. The van der Waals surface area contributed by atoms with Crippen LogP contribution in [0.2, 0.25) is 0 Å². The molecule has 17 heavy (non-hydrogen) atoms. The maximum Gasteiger partial charge on any atom is 0.307 e. The lowest BCUT2D eigenvalue weighted by atomic mass is 10.1. The summed E-state index contributed by atoms with van der Waals surface area (Å²) < 4.78 is 70.2. The molecule has 0 aromatic heterocycles. The summed E-state index contributed by atoms with van der Waals surface area (Å²) in [5, 5.41) is 8.96. The number of carbonyl (C=O) groups excluding carboxylic acids is 1. The SMILES string of the molecule is [2H]C([2H])([2H])[N+](CC(CC(=O)O)OC(=O)CC(C)C)(C([2H])([2H])[2H])C([2H])([2H])[2H]. The summed E-state index contributed by atoms with van der Waals surface area (Å²) in [6.45, 7) is -8.49. The Hall–Kier alpha value is -1.10. The molecular formula is C12H24NO4+. The second kappa shape index (κ2) is 6.59. The maximum atomic E-state index is 11.8. The van der Waals surface area contributed by atoms with Crippen molar-refractivity contribution in [2.24, 2.45) is 5.92 Å². The number of rotatable bonds is 7. The Labute approximate surface area is 116 Å². The Bertz CT molecular complexity index is 474. The Morgan fingerprint density at radius 2 is 1.88 bits per heavy atom. The number of nitrogens with zero attached hydrogens (tertiary/aromatic N) is 1. The molecule has 1 N–H and O–H groups in total. The van der Waals surface area contributed by atoms with E-state index in [0.29, 0.717) is 0 Å². The topological polar surface area (TPSA) is 63.6 Å². The number of ether oxygens (including phenoxy) is 1. The number of quaternary nitrogens is 1. The van der Waals surface area contributed by atoms with Crippen LogP contribution >= 0.6 is 0 Å². The lowest BCUT2D eigenvalue weighted by Crippen LogP contribution is -2.43. The summed E-state index contributed by atoms with van der Waals surface area (Å²) in [5.41, 5.74) is 0. The molecule has 0 aromatic carbocycles. The molecule has 0 fully saturated rings. The summed E-state index contributed by atoms with van der Waals surface area (Å²) in [5.74, 6) is -2.52. The first-order chi connectivity index (χ1) is 11.3. The first-order valence-electron chi connectivity index (χ1n) is 9.65. The molecule has 100 valence electrons. The number of aliphatic carboxylic acids is 1. The minimum atomic E-state index is -3.54. The van der Waals surface area contributed by atoms with E-state index in [2.05, 4.69) is 0 Å². The molecule has 0 aliphatic heterocycles. The molecule has 5 nitrogen and oxygen atoms in total. The van der Waals surface area contributed by atoms with Gasteiger partial charge in [0.15, 0.2) is 6.10 Å². The molecule has 0 aromatic rings. The minimum Gasteiger partial charge on any atom is -0.481 e. The Balaban J connectivity index is 6.06. The number of likely N-dealkylation sites (N-methyl/N-ethyl adjacent to an activating group) is 1. The highest BCUT2D eigenvalue weighted by Gasteiger charge is 2.24. The molecule has 0 radical (unpaired) electrons. The molecule has 0 rings (SSSR count). The summed E-state index contributed by atoms with van der Waals surface area (Å²) in [6, 6.07) is 0. The summed E-state index contributed by atoms with van der Waals surface area (Å²) in [6.07, 6.45) is -2.78. The van der Waals surface area contributed by atoms with Crippen LogP contribution < -0.4 is 0 Å². The van der Waals surface area contributed by atoms with Gasteiger partial charge in [-0.15, -0.1) is 0 Å². The van der Waals surface area contributed by atoms with Gasteiger partial charge in [-0.2, -0.15) is 0 Å². The third kappa shape index (κ3) is 9.81. The van der Waals surface area contributed by atoms with Crippen molar-refractivity contribution in [3.8, 4) is 0 Å².